The molecule has 3 rings (SSSR count). The van der Waals surface area contributed by atoms with Gasteiger partial charge in [0.25, 0.3) is 0 Å². The number of benzene rings is 1. The van der Waals surface area contributed by atoms with E-state index in [0.717, 1.165) is 37.7 Å². The molecule has 2 aromatic rings. The summed E-state index contributed by atoms with van der Waals surface area (Å²) >= 11 is 0. The lowest BCUT2D eigenvalue weighted by molar-refractivity contribution is 0.724. The molecule has 0 saturated carbocycles. The zero-order valence-corrected chi connectivity index (χ0v) is 11.3. The molecule has 0 aliphatic carbocycles. The second-order valence-electron chi connectivity index (χ2n) is 4.91. The van der Waals surface area contributed by atoms with Crippen LogP contribution in [0.25, 0.3) is 10.8 Å². The third-order valence-electron chi connectivity index (χ3n) is 3.67. The molecular weight excluding hydrogens is 236 g/mol. The first-order valence-corrected chi connectivity index (χ1v) is 6.91. The molecular formula is C15H20N4. The summed E-state index contributed by atoms with van der Waals surface area (Å²) in [6, 6.07) is 8.54. The van der Waals surface area contributed by atoms with Gasteiger partial charge in [0, 0.05) is 44.0 Å². The molecule has 0 amide bonds. The SMILES string of the molecule is CNc1ccc2c(N3CCCNCC3)nccc2c1. The van der Waals surface area contributed by atoms with Crippen molar-refractivity contribution < 1.29 is 0 Å². The summed E-state index contributed by atoms with van der Waals surface area (Å²) in [6.45, 7) is 4.24. The smallest absolute Gasteiger partial charge is 0.136 e. The molecule has 4 heteroatoms. The molecule has 0 bridgehead atoms. The van der Waals surface area contributed by atoms with E-state index in [9.17, 15) is 0 Å². The molecule has 0 unspecified atom stereocenters. The highest BCUT2D eigenvalue weighted by Gasteiger charge is 2.13. The van der Waals surface area contributed by atoms with E-state index in [1.165, 1.54) is 17.2 Å². The fourth-order valence-electron chi connectivity index (χ4n) is 2.63. The molecule has 2 heterocycles. The van der Waals surface area contributed by atoms with Crippen LogP contribution in [0.2, 0.25) is 0 Å². The standard InChI is InChI=1S/C15H20N4/c1-16-13-3-4-14-12(11-13)5-7-18-15(14)19-9-2-6-17-8-10-19/h3-5,7,11,16-17H,2,6,8-10H2,1H3. The van der Waals surface area contributed by atoms with Gasteiger partial charge < -0.3 is 15.5 Å². The minimum atomic E-state index is 1.03. The average Bonchev–Trinajstić information content (AvgIpc) is 2.75. The molecule has 1 aromatic heterocycles. The number of nitrogens with one attached hydrogen (secondary N) is 2. The van der Waals surface area contributed by atoms with Crippen molar-refractivity contribution in [2.24, 2.45) is 0 Å². The maximum Gasteiger partial charge on any atom is 0.136 e. The van der Waals surface area contributed by atoms with Crippen LogP contribution in [0.4, 0.5) is 11.5 Å². The number of nitrogens with zero attached hydrogens (tertiary/aromatic N) is 2. The summed E-state index contributed by atoms with van der Waals surface area (Å²) < 4.78 is 0. The van der Waals surface area contributed by atoms with Gasteiger partial charge in [-0.1, -0.05) is 0 Å². The fraction of sp³-hybridized carbons (Fsp3) is 0.400. The van der Waals surface area contributed by atoms with Crippen LogP contribution in [0, 0.1) is 0 Å². The number of rotatable bonds is 2. The monoisotopic (exact) mass is 256 g/mol. The first-order valence-electron chi connectivity index (χ1n) is 6.91. The largest absolute Gasteiger partial charge is 0.388 e. The Balaban J connectivity index is 2.02. The van der Waals surface area contributed by atoms with Gasteiger partial charge in [-0.3, -0.25) is 0 Å². The van der Waals surface area contributed by atoms with Crippen molar-refractivity contribution in [3.8, 4) is 0 Å². The summed E-state index contributed by atoms with van der Waals surface area (Å²) in [6.07, 6.45) is 3.09. The molecule has 1 saturated heterocycles. The highest BCUT2D eigenvalue weighted by atomic mass is 15.2. The van der Waals surface area contributed by atoms with Crippen molar-refractivity contribution in [2.75, 3.05) is 43.4 Å². The molecule has 1 aromatic carbocycles. The number of fused-ring (bicyclic) bond motifs is 1. The topological polar surface area (TPSA) is 40.2 Å². The van der Waals surface area contributed by atoms with E-state index in [4.69, 9.17) is 0 Å². The molecule has 19 heavy (non-hydrogen) atoms. The van der Waals surface area contributed by atoms with Crippen molar-refractivity contribution in [3.63, 3.8) is 0 Å². The van der Waals surface area contributed by atoms with Crippen LogP contribution < -0.4 is 15.5 Å². The second kappa shape index (κ2) is 5.45. The number of anilines is 2. The molecule has 0 radical (unpaired) electrons. The molecule has 1 fully saturated rings. The molecule has 0 atom stereocenters. The maximum absolute atomic E-state index is 4.61. The Morgan fingerprint density at radius 1 is 1.21 bits per heavy atom. The predicted octanol–water partition coefficient (Wildman–Crippen LogP) is 2.08. The third-order valence-corrected chi connectivity index (χ3v) is 3.67. The summed E-state index contributed by atoms with van der Waals surface area (Å²) in [5.41, 5.74) is 1.14. The van der Waals surface area contributed by atoms with Gasteiger partial charge in [-0.15, -0.1) is 0 Å². The van der Waals surface area contributed by atoms with Crippen molar-refractivity contribution >= 4 is 22.3 Å². The number of pyridine rings is 1. The van der Waals surface area contributed by atoms with Crippen LogP contribution in [-0.4, -0.2) is 38.2 Å². The van der Waals surface area contributed by atoms with Gasteiger partial charge in [0.1, 0.15) is 5.82 Å². The van der Waals surface area contributed by atoms with Crippen LogP contribution in [0.1, 0.15) is 6.42 Å². The van der Waals surface area contributed by atoms with E-state index in [0.29, 0.717) is 0 Å². The summed E-state index contributed by atoms with van der Waals surface area (Å²) in [5, 5.41) is 9.10. The Morgan fingerprint density at radius 3 is 3.05 bits per heavy atom. The third kappa shape index (κ3) is 2.49. The Kier molecular flexibility index (Phi) is 3.51. The van der Waals surface area contributed by atoms with Crippen molar-refractivity contribution in [2.45, 2.75) is 6.42 Å². The summed E-state index contributed by atoms with van der Waals surface area (Å²) in [4.78, 5) is 7.00. The molecule has 1 aliphatic rings. The van der Waals surface area contributed by atoms with E-state index in [1.807, 2.05) is 13.2 Å². The van der Waals surface area contributed by atoms with Gasteiger partial charge in [-0.05, 0) is 42.6 Å². The fourth-order valence-corrected chi connectivity index (χ4v) is 2.63. The van der Waals surface area contributed by atoms with Crippen LogP contribution in [0.15, 0.2) is 30.5 Å². The zero-order chi connectivity index (χ0) is 13.1. The van der Waals surface area contributed by atoms with E-state index in [-0.39, 0.29) is 0 Å². The highest BCUT2D eigenvalue weighted by molar-refractivity contribution is 5.94. The number of aromatic nitrogens is 1. The lowest BCUT2D eigenvalue weighted by Crippen LogP contribution is -2.28. The first kappa shape index (κ1) is 12.2. The van der Waals surface area contributed by atoms with Gasteiger partial charge >= 0.3 is 0 Å². The molecule has 4 nitrogen and oxygen atoms in total. The van der Waals surface area contributed by atoms with Crippen molar-refractivity contribution in [1.82, 2.24) is 10.3 Å². The Hall–Kier alpha value is -1.81. The Bertz CT molecular complexity index is 559. The van der Waals surface area contributed by atoms with Gasteiger partial charge in [0.2, 0.25) is 0 Å². The van der Waals surface area contributed by atoms with Crippen LogP contribution in [0.3, 0.4) is 0 Å². The normalized spacial score (nSPS) is 16.4. The summed E-state index contributed by atoms with van der Waals surface area (Å²) in [5.74, 6) is 1.11. The Morgan fingerprint density at radius 2 is 2.16 bits per heavy atom. The van der Waals surface area contributed by atoms with E-state index >= 15 is 0 Å². The van der Waals surface area contributed by atoms with Gasteiger partial charge in [0.05, 0.1) is 0 Å². The average molecular weight is 256 g/mol. The zero-order valence-electron chi connectivity index (χ0n) is 11.3. The lowest BCUT2D eigenvalue weighted by Gasteiger charge is -2.22. The minimum Gasteiger partial charge on any atom is -0.388 e. The molecule has 2 N–H and O–H groups in total. The van der Waals surface area contributed by atoms with Crippen LogP contribution in [-0.2, 0) is 0 Å². The number of hydrogen-bond acceptors (Lipinski definition) is 4. The highest BCUT2D eigenvalue weighted by Crippen LogP contribution is 2.27. The van der Waals surface area contributed by atoms with Gasteiger partial charge in [-0.2, -0.15) is 0 Å². The van der Waals surface area contributed by atoms with Gasteiger partial charge in [-0.25, -0.2) is 4.98 Å². The molecule has 1 aliphatic heterocycles. The van der Waals surface area contributed by atoms with E-state index < -0.39 is 0 Å². The lowest BCUT2D eigenvalue weighted by atomic mass is 10.1. The predicted molar refractivity (Wildman–Crippen MR) is 81.0 cm³/mol. The molecule has 100 valence electrons. The Labute approximate surface area is 113 Å². The van der Waals surface area contributed by atoms with Crippen LogP contribution in [0.5, 0.6) is 0 Å². The second-order valence-corrected chi connectivity index (χ2v) is 4.91. The van der Waals surface area contributed by atoms with Crippen molar-refractivity contribution in [3.05, 3.63) is 30.5 Å². The minimum absolute atomic E-state index is 1.03. The summed E-state index contributed by atoms with van der Waals surface area (Å²) in [7, 11) is 1.95. The molecule has 0 spiro atoms. The quantitative estimate of drug-likeness (QED) is 0.863. The van der Waals surface area contributed by atoms with Crippen molar-refractivity contribution in [1.29, 1.82) is 0 Å². The van der Waals surface area contributed by atoms with Gasteiger partial charge in [0.15, 0.2) is 0 Å². The van der Waals surface area contributed by atoms with Crippen LogP contribution >= 0.6 is 0 Å². The van der Waals surface area contributed by atoms with E-state index in [2.05, 4.69) is 44.8 Å². The maximum atomic E-state index is 4.61. The first-order chi connectivity index (χ1) is 9.38. The van der Waals surface area contributed by atoms with E-state index in [1.54, 1.807) is 0 Å². The number of hydrogen-bond donors (Lipinski definition) is 2.